The molecule has 0 saturated heterocycles. The minimum atomic E-state index is -0.0244. The van der Waals surface area contributed by atoms with E-state index in [2.05, 4.69) is 4.74 Å². The Labute approximate surface area is 55.5 Å². The monoisotopic (exact) mass is 131 g/mol. The maximum absolute atomic E-state index is 8.72. The number of likely N-dealkylation sites (N-methyl/N-ethyl adjacent to an activating group) is 1. The highest BCUT2D eigenvalue weighted by atomic mass is 16.6. The van der Waals surface area contributed by atoms with E-state index in [9.17, 15) is 0 Å². The van der Waals surface area contributed by atoms with Crippen LogP contribution in [0.25, 0.3) is 0 Å². The van der Waals surface area contributed by atoms with Gasteiger partial charge in [0, 0.05) is 12.6 Å². The summed E-state index contributed by atoms with van der Waals surface area (Å²) in [5.41, 5.74) is 0. The fourth-order valence-electron chi connectivity index (χ4n) is 0.344. The van der Waals surface area contributed by atoms with Crippen molar-refractivity contribution in [2.24, 2.45) is 0 Å². The van der Waals surface area contributed by atoms with Gasteiger partial charge in [-0.3, -0.25) is 0 Å². The normalized spacial score (nSPS) is 12.2. The van der Waals surface area contributed by atoms with Crippen LogP contribution in [0.15, 0.2) is 12.0 Å². The molecule has 3 nitrogen and oxygen atoms in total. The molecule has 0 spiro atoms. The third kappa shape index (κ3) is 5.17. The molecule has 3 heteroatoms. The summed E-state index contributed by atoms with van der Waals surface area (Å²) < 4.78 is 4.49. The lowest BCUT2D eigenvalue weighted by Crippen LogP contribution is -2.11. The van der Waals surface area contributed by atoms with E-state index in [0.29, 0.717) is 6.54 Å². The van der Waals surface area contributed by atoms with Gasteiger partial charge >= 0.3 is 0 Å². The van der Waals surface area contributed by atoms with Crippen LogP contribution in [0.5, 0.6) is 0 Å². The highest BCUT2D eigenvalue weighted by molar-refractivity contribution is 4.82. The second-order valence-corrected chi connectivity index (χ2v) is 2.01. The Hall–Kier alpha value is -0.700. The molecule has 0 radical (unpaired) electrons. The molecular formula is C6H13NO2. The molecule has 0 aliphatic rings. The summed E-state index contributed by atoms with van der Waals surface area (Å²) >= 11 is 0. The summed E-state index contributed by atoms with van der Waals surface area (Å²) in [5.74, 6) is -0.0244. The van der Waals surface area contributed by atoms with Crippen LogP contribution in [0.1, 0.15) is 0 Å². The first-order chi connectivity index (χ1) is 4.16. The van der Waals surface area contributed by atoms with E-state index in [-0.39, 0.29) is 5.95 Å². The molecule has 0 heterocycles. The first-order valence-electron chi connectivity index (χ1n) is 2.74. The summed E-state index contributed by atoms with van der Waals surface area (Å²) in [5, 5.41) is 8.72. The predicted octanol–water partition coefficient (Wildman–Crippen LogP) is 0.594. The lowest BCUT2D eigenvalue weighted by atomic mass is 10.5. The number of ether oxygens (including phenoxy) is 1. The molecule has 0 aromatic rings. The van der Waals surface area contributed by atoms with Gasteiger partial charge in [0.2, 0.25) is 0 Å². The van der Waals surface area contributed by atoms with Crippen LogP contribution >= 0.6 is 0 Å². The van der Waals surface area contributed by atoms with Crippen LogP contribution in [0.3, 0.4) is 0 Å². The van der Waals surface area contributed by atoms with Gasteiger partial charge in [-0.25, -0.2) is 0 Å². The number of hydrogen-bond acceptors (Lipinski definition) is 3. The first kappa shape index (κ1) is 8.30. The first-order valence-corrected chi connectivity index (χ1v) is 2.74. The summed E-state index contributed by atoms with van der Waals surface area (Å²) in [6.45, 7) is 0.694. The second-order valence-electron chi connectivity index (χ2n) is 2.01. The van der Waals surface area contributed by atoms with E-state index in [1.807, 2.05) is 19.0 Å². The van der Waals surface area contributed by atoms with E-state index in [1.54, 1.807) is 6.08 Å². The van der Waals surface area contributed by atoms with Gasteiger partial charge in [0.05, 0.1) is 7.11 Å². The van der Waals surface area contributed by atoms with E-state index in [4.69, 9.17) is 5.11 Å². The standard InChI is InChI=1S/C6H13NO2/c1-7(2)5-4-6(8)9-3/h4,8H,5H2,1-3H3. The van der Waals surface area contributed by atoms with Crippen LogP contribution in [0.4, 0.5) is 0 Å². The van der Waals surface area contributed by atoms with Crippen LogP contribution in [0, 0.1) is 0 Å². The number of rotatable bonds is 3. The minimum Gasteiger partial charge on any atom is -0.481 e. The zero-order valence-corrected chi connectivity index (χ0v) is 6.09. The Balaban J connectivity index is 3.43. The fraction of sp³-hybridized carbons (Fsp3) is 0.667. The van der Waals surface area contributed by atoms with E-state index in [0.717, 1.165) is 0 Å². The van der Waals surface area contributed by atoms with Crippen LogP contribution in [0.2, 0.25) is 0 Å². The van der Waals surface area contributed by atoms with Gasteiger partial charge in [0.25, 0.3) is 5.95 Å². The van der Waals surface area contributed by atoms with Gasteiger partial charge in [-0.2, -0.15) is 0 Å². The SMILES string of the molecule is COC(O)=CCN(C)C. The summed E-state index contributed by atoms with van der Waals surface area (Å²) in [4.78, 5) is 1.93. The molecule has 0 aromatic heterocycles. The Morgan fingerprint density at radius 1 is 1.67 bits per heavy atom. The van der Waals surface area contributed by atoms with Crippen molar-refractivity contribution in [2.45, 2.75) is 0 Å². The fourth-order valence-corrected chi connectivity index (χ4v) is 0.344. The Kier molecular flexibility index (Phi) is 3.88. The minimum absolute atomic E-state index is 0.0244. The molecule has 0 fully saturated rings. The third-order valence-electron chi connectivity index (χ3n) is 0.840. The third-order valence-corrected chi connectivity index (χ3v) is 0.840. The molecular weight excluding hydrogens is 118 g/mol. The van der Waals surface area contributed by atoms with Gasteiger partial charge in [0.15, 0.2) is 0 Å². The van der Waals surface area contributed by atoms with Crippen LogP contribution < -0.4 is 0 Å². The summed E-state index contributed by atoms with van der Waals surface area (Å²) in [6, 6.07) is 0. The lowest BCUT2D eigenvalue weighted by molar-refractivity contribution is 0.133. The van der Waals surface area contributed by atoms with Crippen molar-refractivity contribution in [1.82, 2.24) is 4.90 Å². The molecule has 0 amide bonds. The van der Waals surface area contributed by atoms with Gasteiger partial charge in [-0.1, -0.05) is 0 Å². The summed E-state index contributed by atoms with van der Waals surface area (Å²) in [7, 11) is 5.26. The van der Waals surface area contributed by atoms with Crippen molar-refractivity contribution in [3.05, 3.63) is 12.0 Å². The highest BCUT2D eigenvalue weighted by Gasteiger charge is 1.88. The molecule has 0 aromatic carbocycles. The zero-order chi connectivity index (χ0) is 7.28. The summed E-state index contributed by atoms with van der Waals surface area (Å²) in [6.07, 6.45) is 1.60. The van der Waals surface area contributed by atoms with Crippen molar-refractivity contribution in [3.63, 3.8) is 0 Å². The van der Waals surface area contributed by atoms with Gasteiger partial charge in [-0.15, -0.1) is 0 Å². The molecule has 54 valence electrons. The van der Waals surface area contributed by atoms with Crippen molar-refractivity contribution in [3.8, 4) is 0 Å². The Morgan fingerprint density at radius 2 is 2.22 bits per heavy atom. The molecule has 0 aliphatic heterocycles. The number of hydrogen-bond donors (Lipinski definition) is 1. The molecule has 0 unspecified atom stereocenters. The lowest BCUT2D eigenvalue weighted by Gasteiger charge is -2.04. The average Bonchev–Trinajstić information content (AvgIpc) is 1.83. The molecule has 0 atom stereocenters. The predicted molar refractivity (Wildman–Crippen MR) is 36.3 cm³/mol. The molecule has 0 rings (SSSR count). The molecule has 0 aliphatic carbocycles. The Morgan fingerprint density at radius 3 is 2.56 bits per heavy atom. The van der Waals surface area contributed by atoms with Crippen LogP contribution in [-0.2, 0) is 4.74 Å². The number of aliphatic hydroxyl groups excluding tert-OH is 1. The van der Waals surface area contributed by atoms with E-state index in [1.165, 1.54) is 7.11 Å². The van der Waals surface area contributed by atoms with E-state index < -0.39 is 0 Å². The van der Waals surface area contributed by atoms with Crippen molar-refractivity contribution in [1.29, 1.82) is 0 Å². The maximum Gasteiger partial charge on any atom is 0.273 e. The van der Waals surface area contributed by atoms with Crippen molar-refractivity contribution < 1.29 is 9.84 Å². The number of nitrogens with zero attached hydrogens (tertiary/aromatic N) is 1. The average molecular weight is 131 g/mol. The molecule has 0 saturated carbocycles. The number of methoxy groups -OCH3 is 1. The Bertz CT molecular complexity index is 99.2. The molecule has 0 bridgehead atoms. The largest absolute Gasteiger partial charge is 0.481 e. The maximum atomic E-state index is 8.72. The van der Waals surface area contributed by atoms with Crippen molar-refractivity contribution >= 4 is 0 Å². The van der Waals surface area contributed by atoms with Gasteiger partial charge < -0.3 is 14.7 Å². The van der Waals surface area contributed by atoms with Crippen molar-refractivity contribution in [2.75, 3.05) is 27.7 Å². The molecule has 9 heavy (non-hydrogen) atoms. The van der Waals surface area contributed by atoms with Gasteiger partial charge in [0.1, 0.15) is 0 Å². The molecule has 1 N–H and O–H groups in total. The smallest absolute Gasteiger partial charge is 0.273 e. The second kappa shape index (κ2) is 4.21. The number of aliphatic hydroxyl groups is 1. The highest BCUT2D eigenvalue weighted by Crippen LogP contribution is 1.87. The van der Waals surface area contributed by atoms with Crippen LogP contribution in [-0.4, -0.2) is 37.8 Å². The van der Waals surface area contributed by atoms with Gasteiger partial charge in [-0.05, 0) is 14.1 Å². The topological polar surface area (TPSA) is 32.7 Å². The quantitative estimate of drug-likeness (QED) is 0.569. The zero-order valence-electron chi connectivity index (χ0n) is 6.09. The van der Waals surface area contributed by atoms with E-state index >= 15 is 0 Å².